The highest BCUT2D eigenvalue weighted by molar-refractivity contribution is 5.97. The standard InChI is InChI=1S/C23H25N3O5/c1-4-31-17-7-5-16(6-8-17)20-11-12-22(27)26(25-20)14-13-24-23(28)19-10-9-18(29-2)15-21(19)30-3/h5-12,15H,4,13-14H2,1-3H3,(H,24,28). The summed E-state index contributed by atoms with van der Waals surface area (Å²) < 4.78 is 17.2. The Morgan fingerprint density at radius 1 is 1.00 bits per heavy atom. The lowest BCUT2D eigenvalue weighted by Gasteiger charge is -2.12. The first kappa shape index (κ1) is 21.9. The van der Waals surface area contributed by atoms with Crippen molar-refractivity contribution >= 4 is 5.91 Å². The Balaban J connectivity index is 1.67. The van der Waals surface area contributed by atoms with Gasteiger partial charge in [-0.25, -0.2) is 4.68 Å². The van der Waals surface area contributed by atoms with Crippen LogP contribution in [0.25, 0.3) is 11.3 Å². The fourth-order valence-corrected chi connectivity index (χ4v) is 3.01. The van der Waals surface area contributed by atoms with Crippen LogP contribution in [0.4, 0.5) is 0 Å². The second kappa shape index (κ2) is 10.3. The summed E-state index contributed by atoms with van der Waals surface area (Å²) in [7, 11) is 3.03. The number of nitrogens with zero attached hydrogens (tertiary/aromatic N) is 2. The van der Waals surface area contributed by atoms with Crippen LogP contribution in [0.2, 0.25) is 0 Å². The van der Waals surface area contributed by atoms with Crippen molar-refractivity contribution in [3.05, 3.63) is 70.5 Å². The van der Waals surface area contributed by atoms with Crippen molar-refractivity contribution in [2.45, 2.75) is 13.5 Å². The lowest BCUT2D eigenvalue weighted by molar-refractivity contribution is 0.0948. The molecule has 0 unspecified atom stereocenters. The molecule has 0 saturated heterocycles. The van der Waals surface area contributed by atoms with Gasteiger partial charge in [0.05, 0.1) is 38.6 Å². The average Bonchev–Trinajstić information content (AvgIpc) is 2.80. The van der Waals surface area contributed by atoms with Gasteiger partial charge in [-0.05, 0) is 49.4 Å². The third kappa shape index (κ3) is 5.42. The molecule has 1 amide bonds. The van der Waals surface area contributed by atoms with Gasteiger partial charge >= 0.3 is 0 Å². The SMILES string of the molecule is CCOc1ccc(-c2ccc(=O)n(CCNC(=O)c3ccc(OC)cc3OC)n2)cc1. The number of aromatic nitrogens is 2. The third-order valence-corrected chi connectivity index (χ3v) is 4.59. The molecule has 8 nitrogen and oxygen atoms in total. The largest absolute Gasteiger partial charge is 0.497 e. The van der Waals surface area contributed by atoms with E-state index in [2.05, 4.69) is 10.4 Å². The molecule has 0 aliphatic rings. The van der Waals surface area contributed by atoms with E-state index >= 15 is 0 Å². The summed E-state index contributed by atoms with van der Waals surface area (Å²) in [6.07, 6.45) is 0. The quantitative estimate of drug-likeness (QED) is 0.569. The molecule has 8 heteroatoms. The Morgan fingerprint density at radius 3 is 2.42 bits per heavy atom. The lowest BCUT2D eigenvalue weighted by Crippen LogP contribution is -2.32. The molecule has 3 rings (SSSR count). The summed E-state index contributed by atoms with van der Waals surface area (Å²) >= 11 is 0. The number of methoxy groups -OCH3 is 2. The van der Waals surface area contributed by atoms with Crippen LogP contribution in [-0.2, 0) is 6.54 Å². The molecular weight excluding hydrogens is 398 g/mol. The van der Waals surface area contributed by atoms with Crippen LogP contribution in [0.15, 0.2) is 59.4 Å². The van der Waals surface area contributed by atoms with E-state index in [4.69, 9.17) is 14.2 Å². The van der Waals surface area contributed by atoms with Gasteiger partial charge in [0, 0.05) is 24.2 Å². The summed E-state index contributed by atoms with van der Waals surface area (Å²) in [5, 5.41) is 7.21. The number of ether oxygens (including phenoxy) is 3. The topological polar surface area (TPSA) is 91.7 Å². The molecule has 0 aliphatic carbocycles. The van der Waals surface area contributed by atoms with Gasteiger partial charge in [0.25, 0.3) is 11.5 Å². The van der Waals surface area contributed by atoms with E-state index in [1.54, 1.807) is 31.4 Å². The van der Waals surface area contributed by atoms with Gasteiger partial charge < -0.3 is 19.5 Å². The van der Waals surface area contributed by atoms with Crippen LogP contribution in [-0.4, -0.2) is 43.1 Å². The summed E-state index contributed by atoms with van der Waals surface area (Å²) in [6, 6.07) is 15.6. The number of rotatable bonds is 9. The van der Waals surface area contributed by atoms with Crippen LogP contribution in [0.5, 0.6) is 17.2 Å². The van der Waals surface area contributed by atoms with Gasteiger partial charge in [0.15, 0.2) is 0 Å². The molecule has 162 valence electrons. The zero-order valence-electron chi connectivity index (χ0n) is 17.8. The molecular formula is C23H25N3O5. The summed E-state index contributed by atoms with van der Waals surface area (Å²) in [6.45, 7) is 2.98. The first-order chi connectivity index (χ1) is 15.0. The van der Waals surface area contributed by atoms with Gasteiger partial charge in [-0.15, -0.1) is 0 Å². The summed E-state index contributed by atoms with van der Waals surface area (Å²) in [4.78, 5) is 24.7. The summed E-state index contributed by atoms with van der Waals surface area (Å²) in [5.74, 6) is 1.46. The number of carbonyl (C=O) groups excluding carboxylic acids is 1. The maximum atomic E-state index is 12.5. The fraction of sp³-hybridized carbons (Fsp3) is 0.261. The number of hydrogen-bond acceptors (Lipinski definition) is 6. The van der Waals surface area contributed by atoms with Crippen molar-refractivity contribution in [2.75, 3.05) is 27.4 Å². The monoisotopic (exact) mass is 423 g/mol. The van der Waals surface area contributed by atoms with E-state index in [0.717, 1.165) is 11.3 Å². The van der Waals surface area contributed by atoms with E-state index in [-0.39, 0.29) is 24.6 Å². The molecule has 0 radical (unpaired) electrons. The van der Waals surface area contributed by atoms with E-state index in [9.17, 15) is 9.59 Å². The van der Waals surface area contributed by atoms with Crippen molar-refractivity contribution in [3.8, 4) is 28.5 Å². The van der Waals surface area contributed by atoms with Crippen LogP contribution in [0.1, 0.15) is 17.3 Å². The zero-order chi connectivity index (χ0) is 22.2. The van der Waals surface area contributed by atoms with Crippen molar-refractivity contribution in [2.24, 2.45) is 0 Å². The predicted octanol–water partition coefficient (Wildman–Crippen LogP) is 2.76. The molecule has 0 atom stereocenters. The van der Waals surface area contributed by atoms with Crippen molar-refractivity contribution < 1.29 is 19.0 Å². The normalized spacial score (nSPS) is 10.4. The van der Waals surface area contributed by atoms with Gasteiger partial charge in [0.2, 0.25) is 0 Å². The molecule has 1 heterocycles. The van der Waals surface area contributed by atoms with Gasteiger partial charge in [-0.3, -0.25) is 9.59 Å². The number of amides is 1. The second-order valence-corrected chi connectivity index (χ2v) is 6.56. The number of carbonyl (C=O) groups is 1. The fourth-order valence-electron chi connectivity index (χ4n) is 3.01. The van der Waals surface area contributed by atoms with Crippen molar-refractivity contribution in [1.29, 1.82) is 0 Å². The van der Waals surface area contributed by atoms with Crippen LogP contribution in [0, 0.1) is 0 Å². The van der Waals surface area contributed by atoms with Crippen molar-refractivity contribution in [1.82, 2.24) is 15.1 Å². The lowest BCUT2D eigenvalue weighted by atomic mass is 10.1. The van der Waals surface area contributed by atoms with Crippen LogP contribution < -0.4 is 25.1 Å². The van der Waals surface area contributed by atoms with Crippen LogP contribution in [0.3, 0.4) is 0 Å². The highest BCUT2D eigenvalue weighted by Crippen LogP contribution is 2.24. The second-order valence-electron chi connectivity index (χ2n) is 6.56. The van der Waals surface area contributed by atoms with E-state index in [1.807, 2.05) is 31.2 Å². The molecule has 3 aromatic rings. The number of benzene rings is 2. The summed E-state index contributed by atoms with van der Waals surface area (Å²) in [5.41, 5.74) is 1.66. The Hall–Kier alpha value is -3.81. The Bertz CT molecular complexity index is 1090. The molecule has 0 spiro atoms. The minimum absolute atomic E-state index is 0.230. The molecule has 1 N–H and O–H groups in total. The predicted molar refractivity (Wildman–Crippen MR) is 117 cm³/mol. The molecule has 0 aliphatic heterocycles. The highest BCUT2D eigenvalue weighted by atomic mass is 16.5. The molecule has 2 aromatic carbocycles. The van der Waals surface area contributed by atoms with Gasteiger partial charge in [-0.1, -0.05) is 0 Å². The molecule has 31 heavy (non-hydrogen) atoms. The number of nitrogens with one attached hydrogen (secondary N) is 1. The maximum Gasteiger partial charge on any atom is 0.266 e. The molecule has 0 saturated carbocycles. The average molecular weight is 423 g/mol. The minimum atomic E-state index is -0.310. The minimum Gasteiger partial charge on any atom is -0.497 e. The third-order valence-electron chi connectivity index (χ3n) is 4.59. The number of hydrogen-bond donors (Lipinski definition) is 1. The Kier molecular flexibility index (Phi) is 7.26. The van der Waals surface area contributed by atoms with E-state index in [0.29, 0.717) is 29.4 Å². The Morgan fingerprint density at radius 2 is 1.74 bits per heavy atom. The molecule has 1 aromatic heterocycles. The van der Waals surface area contributed by atoms with E-state index < -0.39 is 0 Å². The maximum absolute atomic E-state index is 12.5. The first-order valence-electron chi connectivity index (χ1n) is 9.87. The zero-order valence-corrected chi connectivity index (χ0v) is 17.8. The van der Waals surface area contributed by atoms with Gasteiger partial charge in [-0.2, -0.15) is 5.10 Å². The van der Waals surface area contributed by atoms with Crippen molar-refractivity contribution in [3.63, 3.8) is 0 Å². The Labute approximate surface area is 180 Å². The van der Waals surface area contributed by atoms with Gasteiger partial charge in [0.1, 0.15) is 17.2 Å². The molecule has 0 fully saturated rings. The van der Waals surface area contributed by atoms with Crippen LogP contribution >= 0.6 is 0 Å². The van der Waals surface area contributed by atoms with E-state index in [1.165, 1.54) is 17.9 Å². The molecule has 0 bridgehead atoms. The highest BCUT2D eigenvalue weighted by Gasteiger charge is 2.13. The smallest absolute Gasteiger partial charge is 0.266 e. The first-order valence-corrected chi connectivity index (χ1v) is 9.87.